The summed E-state index contributed by atoms with van der Waals surface area (Å²) < 4.78 is 60.9. The third kappa shape index (κ3) is 69.1. The zero-order chi connectivity index (χ0) is 68.1. The molecule has 0 aliphatic heterocycles. The Morgan fingerprint density at radius 1 is 0.312 bits per heavy atom. The Kier molecular flexibility index (Phi) is 65.0. The minimum absolute atomic E-state index is 0.0843. The van der Waals surface area contributed by atoms with Crippen molar-refractivity contribution >= 4 is 33.6 Å². The molecular weight excluding hydrogens is 1220 g/mol. The number of phosphoric acid groups is 2. The first-order valence-corrected chi connectivity index (χ1v) is 38.8. The number of hydrogen-bond acceptors (Lipinski definition) is 14. The molecule has 0 bridgehead atoms. The van der Waals surface area contributed by atoms with Crippen LogP contribution in [0.3, 0.4) is 0 Å². The van der Waals surface area contributed by atoms with E-state index in [1.54, 1.807) is 0 Å². The number of unbranched alkanes of at least 4 members (excludes halogenated alkanes) is 24. The monoisotopic (exact) mass is 1350 g/mol. The fraction of sp³-hybridized carbons (Fsp3) is 0.693. The number of carbonyl (C=O) groups excluding carboxylic acids is 3. The van der Waals surface area contributed by atoms with Crippen LogP contribution in [0.5, 0.6) is 0 Å². The minimum Gasteiger partial charge on any atom is -0.463 e. The second kappa shape index (κ2) is 67.9. The van der Waals surface area contributed by atoms with Gasteiger partial charge in [0, 0.05) is 19.3 Å². The van der Waals surface area contributed by atoms with Crippen LogP contribution in [0.25, 0.3) is 0 Å². The summed E-state index contributed by atoms with van der Waals surface area (Å²) in [5.41, 5.74) is 0. The summed E-state index contributed by atoms with van der Waals surface area (Å²) in [5, 5.41) is 20.6. The largest absolute Gasteiger partial charge is 0.472 e. The summed E-state index contributed by atoms with van der Waals surface area (Å²) in [7, 11) is -9.80. The van der Waals surface area contributed by atoms with Crippen LogP contribution in [-0.4, -0.2) is 95.9 Å². The first-order chi connectivity index (χ1) is 45.2. The molecule has 534 valence electrons. The Morgan fingerprint density at radius 3 is 0.946 bits per heavy atom. The van der Waals surface area contributed by atoms with Crippen molar-refractivity contribution in [1.82, 2.24) is 0 Å². The van der Waals surface area contributed by atoms with Crippen molar-refractivity contribution in [2.75, 3.05) is 39.6 Å². The highest BCUT2D eigenvalue weighted by Gasteiger charge is 2.29. The van der Waals surface area contributed by atoms with E-state index in [1.165, 1.54) is 64.2 Å². The third-order valence-corrected chi connectivity index (χ3v) is 16.5. The minimum atomic E-state index is -4.94. The van der Waals surface area contributed by atoms with Crippen molar-refractivity contribution in [2.45, 2.75) is 296 Å². The molecule has 0 amide bonds. The lowest BCUT2D eigenvalue weighted by Crippen LogP contribution is -2.30. The lowest BCUT2D eigenvalue weighted by molar-refractivity contribution is -0.161. The highest BCUT2D eigenvalue weighted by atomic mass is 31.2. The summed E-state index contributed by atoms with van der Waals surface area (Å²) in [6.45, 7) is 2.46. The van der Waals surface area contributed by atoms with Gasteiger partial charge in [0.05, 0.1) is 26.4 Å². The van der Waals surface area contributed by atoms with Crippen molar-refractivity contribution in [3.8, 4) is 0 Å². The zero-order valence-corrected chi connectivity index (χ0v) is 59.7. The van der Waals surface area contributed by atoms with Crippen molar-refractivity contribution in [2.24, 2.45) is 0 Å². The molecule has 0 aliphatic rings. The molecule has 4 N–H and O–H groups in total. The van der Waals surface area contributed by atoms with Crippen LogP contribution in [0.15, 0.2) is 122 Å². The number of ether oxygens (including phenoxy) is 3. The number of phosphoric ester groups is 2. The molecule has 5 unspecified atom stereocenters. The van der Waals surface area contributed by atoms with E-state index in [1.807, 2.05) is 0 Å². The fourth-order valence-corrected chi connectivity index (χ4v) is 10.7. The lowest BCUT2D eigenvalue weighted by atomic mass is 10.1. The average molecular weight is 1350 g/mol. The van der Waals surface area contributed by atoms with Gasteiger partial charge in [-0.1, -0.05) is 245 Å². The summed E-state index contributed by atoms with van der Waals surface area (Å²) in [5.74, 6) is -1.63. The number of carbonyl (C=O) groups is 3. The van der Waals surface area contributed by atoms with Crippen molar-refractivity contribution in [3.63, 3.8) is 0 Å². The van der Waals surface area contributed by atoms with E-state index in [0.717, 1.165) is 154 Å². The molecule has 5 atom stereocenters. The van der Waals surface area contributed by atoms with E-state index < -0.39 is 91.5 Å². The maximum absolute atomic E-state index is 12.9. The first-order valence-electron chi connectivity index (χ1n) is 35.8. The van der Waals surface area contributed by atoms with E-state index in [4.69, 9.17) is 32.3 Å². The van der Waals surface area contributed by atoms with Gasteiger partial charge in [-0.05, 0) is 135 Å². The molecule has 0 aromatic rings. The molecule has 0 saturated carbocycles. The number of aliphatic hydroxyl groups excluding tert-OH is 2. The summed E-state index contributed by atoms with van der Waals surface area (Å²) in [6.07, 6.45) is 78.1. The van der Waals surface area contributed by atoms with Gasteiger partial charge in [-0.2, -0.15) is 0 Å². The van der Waals surface area contributed by atoms with Gasteiger partial charge in [-0.15, -0.1) is 0 Å². The van der Waals surface area contributed by atoms with Crippen molar-refractivity contribution in [1.29, 1.82) is 0 Å². The van der Waals surface area contributed by atoms with E-state index in [0.29, 0.717) is 19.3 Å². The Morgan fingerprint density at radius 2 is 0.570 bits per heavy atom. The summed E-state index contributed by atoms with van der Waals surface area (Å²) in [6, 6.07) is 0. The molecule has 0 aliphatic carbocycles. The van der Waals surface area contributed by atoms with Gasteiger partial charge in [-0.3, -0.25) is 32.5 Å². The Hall–Kier alpha value is -4.05. The van der Waals surface area contributed by atoms with E-state index in [9.17, 15) is 43.5 Å². The van der Waals surface area contributed by atoms with Gasteiger partial charge in [-0.25, -0.2) is 9.13 Å². The molecule has 0 saturated heterocycles. The van der Waals surface area contributed by atoms with Gasteiger partial charge in [0.25, 0.3) is 0 Å². The van der Waals surface area contributed by atoms with Gasteiger partial charge < -0.3 is 34.2 Å². The van der Waals surface area contributed by atoms with Crippen LogP contribution < -0.4 is 0 Å². The predicted octanol–water partition coefficient (Wildman–Crippen LogP) is 20.2. The van der Waals surface area contributed by atoms with Crippen LogP contribution in [0.4, 0.5) is 0 Å². The van der Waals surface area contributed by atoms with Crippen LogP contribution >= 0.6 is 15.6 Å². The topological polar surface area (TPSA) is 231 Å². The maximum atomic E-state index is 12.9. The second-order valence-electron chi connectivity index (χ2n) is 23.6. The molecular formula is C75H128O16P2. The summed E-state index contributed by atoms with van der Waals surface area (Å²) in [4.78, 5) is 58.5. The molecule has 93 heavy (non-hydrogen) atoms. The maximum Gasteiger partial charge on any atom is 0.472 e. The van der Waals surface area contributed by atoms with Crippen LogP contribution in [0, 0.1) is 0 Å². The predicted molar refractivity (Wildman–Crippen MR) is 380 cm³/mol. The Labute approximate surface area is 563 Å². The molecule has 0 radical (unpaired) electrons. The number of aliphatic hydroxyl groups is 2. The number of rotatable bonds is 67. The molecule has 0 rings (SSSR count). The highest BCUT2D eigenvalue weighted by molar-refractivity contribution is 7.47. The lowest BCUT2D eigenvalue weighted by Gasteiger charge is -2.21. The van der Waals surface area contributed by atoms with Crippen molar-refractivity contribution in [3.05, 3.63) is 122 Å². The van der Waals surface area contributed by atoms with Crippen LogP contribution in [0.1, 0.15) is 278 Å². The highest BCUT2D eigenvalue weighted by Crippen LogP contribution is 2.45. The van der Waals surface area contributed by atoms with Crippen molar-refractivity contribution < 1.29 is 75.8 Å². The van der Waals surface area contributed by atoms with E-state index >= 15 is 0 Å². The average Bonchev–Trinajstić information content (AvgIpc) is 3.19. The Bertz CT molecular complexity index is 2180. The second-order valence-corrected chi connectivity index (χ2v) is 26.6. The van der Waals surface area contributed by atoms with Gasteiger partial charge in [0.15, 0.2) is 6.10 Å². The van der Waals surface area contributed by atoms with Gasteiger partial charge in [0.2, 0.25) is 0 Å². The molecule has 16 nitrogen and oxygen atoms in total. The van der Waals surface area contributed by atoms with Gasteiger partial charge in [0.1, 0.15) is 25.4 Å². The van der Waals surface area contributed by atoms with Crippen LogP contribution in [0.2, 0.25) is 0 Å². The molecule has 0 heterocycles. The molecule has 0 spiro atoms. The smallest absolute Gasteiger partial charge is 0.463 e. The molecule has 0 aromatic heterocycles. The normalized spacial score (nSPS) is 14.9. The molecule has 0 aromatic carbocycles. The zero-order valence-electron chi connectivity index (χ0n) is 57.9. The summed E-state index contributed by atoms with van der Waals surface area (Å²) >= 11 is 0. The number of allylic oxidation sites excluding steroid dienone is 20. The van der Waals surface area contributed by atoms with Gasteiger partial charge >= 0.3 is 33.6 Å². The third-order valence-electron chi connectivity index (χ3n) is 14.6. The van der Waals surface area contributed by atoms with Crippen LogP contribution in [-0.2, 0) is 55.8 Å². The SMILES string of the molecule is CC/C=C\C/C=C\C/C=C\C/C=C\C/C=C\CCCCCC(=O)OCC(COP(=O)(O)OCC(O)COP(=O)(O)OCC(O)COC(=O)CCCCCCCCC/C=C\C/C=C\C/C=C\C/C=C\CCCCC)OC(=O)CCCCCCC/C=C\CCCCCCCC. The molecule has 18 heteroatoms. The molecule has 0 fully saturated rings. The van der Waals surface area contributed by atoms with E-state index in [2.05, 4.69) is 142 Å². The first kappa shape index (κ1) is 89.0. The quantitative estimate of drug-likeness (QED) is 0.0146. The Balaban J connectivity index is 4.68. The fourth-order valence-electron chi connectivity index (χ4n) is 9.16. The number of hydrogen-bond donors (Lipinski definition) is 4. The number of esters is 3. The van der Waals surface area contributed by atoms with E-state index in [-0.39, 0.29) is 19.3 Å². The standard InChI is InChI=1S/C75H128O16P2/c1-4-7-10-13-16-19-22-25-28-30-32-33-34-35-37-39-41-43-46-49-52-55-58-61-73(78)85-64-70(76)65-87-92(81,82)88-66-71(77)67-89-93(83,84)90-69-72(91-75(80)63-60-57-54-51-48-45-40-27-24-21-18-15-12-9-6-3)68-86-74(79)62-59-56-53-50-47-44-42-38-36-31-29-26-23-20-17-14-11-8-5-2/h8,11,16-17,19-20,25-29,32-33,35-38,40,44,47,70-72,76-77H,4-7,9-10,12-15,18,21-24,30-31,34,39,41-43,45-46,48-69H2,1-3H3,(H,81,82)(H,83,84)/b11-8-,19-16-,20-17-,28-25-,29-26-,33-32-,37-35-,38-36-,40-27-,47-44-.